The van der Waals surface area contributed by atoms with E-state index in [1.807, 2.05) is 12.4 Å². The van der Waals surface area contributed by atoms with Gasteiger partial charge in [0, 0.05) is 49.1 Å². The van der Waals surface area contributed by atoms with Gasteiger partial charge >= 0.3 is 0 Å². The van der Waals surface area contributed by atoms with Gasteiger partial charge in [0.1, 0.15) is 0 Å². The predicted octanol–water partition coefficient (Wildman–Crippen LogP) is 6.13. The van der Waals surface area contributed by atoms with E-state index >= 15 is 0 Å². The number of nitrogens with zero attached hydrogens (tertiary/aromatic N) is 2. The first-order chi connectivity index (χ1) is 13.3. The topological polar surface area (TPSA) is 28.2 Å². The number of hydrogen-bond donors (Lipinski definition) is 1. The van der Waals surface area contributed by atoms with Crippen molar-refractivity contribution in [1.29, 1.82) is 0 Å². The Morgan fingerprint density at radius 2 is 1.69 bits per heavy atom. The van der Waals surface area contributed by atoms with Crippen LogP contribution in [-0.4, -0.2) is 29.0 Å². The molecule has 1 atom stereocenters. The van der Waals surface area contributed by atoms with E-state index in [9.17, 15) is 0 Å². The zero-order valence-electron chi connectivity index (χ0n) is 15.7. The van der Waals surface area contributed by atoms with Crippen molar-refractivity contribution in [2.24, 2.45) is 0 Å². The Kier molecular flexibility index (Phi) is 6.73. The Labute approximate surface area is 179 Å². The molecule has 1 aliphatic rings. The van der Waals surface area contributed by atoms with Gasteiger partial charge in [-0.3, -0.25) is 9.88 Å². The predicted molar refractivity (Wildman–Crippen MR) is 127 cm³/mol. The lowest BCUT2D eigenvalue weighted by Crippen LogP contribution is -2.25. The molecule has 0 radical (unpaired) electrons. The van der Waals surface area contributed by atoms with E-state index in [1.165, 1.54) is 39.2 Å². The number of halogens is 1. The molecule has 29 heavy (non-hydrogen) atoms. The molecule has 1 aromatic heterocycles. The third kappa shape index (κ3) is 4.69. The van der Waals surface area contributed by atoms with Crippen LogP contribution in [0.15, 0.2) is 79.1 Å². The highest BCUT2D eigenvalue weighted by atomic mass is 35.5. The van der Waals surface area contributed by atoms with E-state index in [0.717, 1.165) is 19.6 Å². The first kappa shape index (κ1) is 21.1. The summed E-state index contributed by atoms with van der Waals surface area (Å²) in [5, 5.41) is 8.78. The summed E-state index contributed by atoms with van der Waals surface area (Å²) >= 11 is 0. The standard InChI is InChI=1S/C24H23N3.CH4.ClH/c1-2-4-20-13-18(5-6-19(20)3-1)16-27-12-10-24(17-27)26-23-8-7-22-15-25-11-9-21(22)14-23;;/h1-9,11,13-15,24,26H,10,12,16-17H2;1H4;1H/t24-;;/m1../s1. The largest absolute Gasteiger partial charge is 0.381 e. The molecule has 0 unspecified atom stereocenters. The number of anilines is 1. The lowest BCUT2D eigenvalue weighted by molar-refractivity contribution is 0.329. The number of hydrogen-bond acceptors (Lipinski definition) is 3. The fourth-order valence-electron chi connectivity index (χ4n) is 4.10. The number of rotatable bonds is 4. The molecule has 2 heterocycles. The molecule has 4 aromatic rings. The fraction of sp³-hybridized carbons (Fsp3) is 0.240. The molecule has 0 spiro atoms. The maximum absolute atomic E-state index is 4.19. The number of pyridine rings is 1. The van der Waals surface area contributed by atoms with E-state index in [1.54, 1.807) is 0 Å². The Hall–Kier alpha value is -2.62. The van der Waals surface area contributed by atoms with Crippen LogP contribution in [0.5, 0.6) is 0 Å². The van der Waals surface area contributed by atoms with E-state index in [0.29, 0.717) is 6.04 Å². The Morgan fingerprint density at radius 3 is 2.59 bits per heavy atom. The highest BCUT2D eigenvalue weighted by Gasteiger charge is 2.22. The third-order valence-corrected chi connectivity index (χ3v) is 5.50. The smallest absolute Gasteiger partial charge is 0.0400 e. The second kappa shape index (κ2) is 9.25. The lowest BCUT2D eigenvalue weighted by Gasteiger charge is -2.18. The monoisotopic (exact) mass is 405 g/mol. The molecule has 1 aliphatic heterocycles. The quantitative estimate of drug-likeness (QED) is 0.442. The van der Waals surface area contributed by atoms with Crippen LogP contribution < -0.4 is 5.32 Å². The van der Waals surface area contributed by atoms with Crippen LogP contribution in [0.3, 0.4) is 0 Å². The third-order valence-electron chi connectivity index (χ3n) is 5.50. The molecule has 1 N–H and O–H groups in total. The molecule has 1 fully saturated rings. The van der Waals surface area contributed by atoms with Gasteiger partial charge in [-0.1, -0.05) is 49.9 Å². The molecule has 1 saturated heterocycles. The van der Waals surface area contributed by atoms with Crippen LogP contribution in [0.2, 0.25) is 0 Å². The minimum absolute atomic E-state index is 0. The van der Waals surface area contributed by atoms with Gasteiger partial charge in [-0.15, -0.1) is 12.4 Å². The van der Waals surface area contributed by atoms with Crippen molar-refractivity contribution in [3.63, 3.8) is 0 Å². The fourth-order valence-corrected chi connectivity index (χ4v) is 4.10. The van der Waals surface area contributed by atoms with Gasteiger partial charge in [0.2, 0.25) is 0 Å². The van der Waals surface area contributed by atoms with Gasteiger partial charge in [0.15, 0.2) is 0 Å². The maximum atomic E-state index is 4.19. The Morgan fingerprint density at radius 1 is 0.897 bits per heavy atom. The molecule has 0 aliphatic carbocycles. The van der Waals surface area contributed by atoms with Gasteiger partial charge in [-0.05, 0) is 52.4 Å². The van der Waals surface area contributed by atoms with Crippen molar-refractivity contribution in [3.8, 4) is 0 Å². The zero-order chi connectivity index (χ0) is 18.1. The molecule has 3 aromatic carbocycles. The van der Waals surface area contributed by atoms with Crippen molar-refractivity contribution < 1.29 is 0 Å². The summed E-state index contributed by atoms with van der Waals surface area (Å²) in [5.74, 6) is 0. The molecular formula is C25H28ClN3. The van der Waals surface area contributed by atoms with Gasteiger partial charge in [0.25, 0.3) is 0 Å². The minimum Gasteiger partial charge on any atom is -0.381 e. The molecule has 3 nitrogen and oxygen atoms in total. The lowest BCUT2D eigenvalue weighted by atomic mass is 10.1. The summed E-state index contributed by atoms with van der Waals surface area (Å²) in [6, 6.07) is 24.5. The molecule has 0 saturated carbocycles. The number of aromatic nitrogens is 1. The molecule has 150 valence electrons. The first-order valence-corrected chi connectivity index (χ1v) is 9.64. The van der Waals surface area contributed by atoms with Crippen LogP contribution in [0, 0.1) is 0 Å². The van der Waals surface area contributed by atoms with Crippen LogP contribution in [0.25, 0.3) is 21.5 Å². The van der Waals surface area contributed by atoms with Crippen LogP contribution in [0.1, 0.15) is 19.4 Å². The van der Waals surface area contributed by atoms with Gasteiger partial charge < -0.3 is 5.32 Å². The molecular weight excluding hydrogens is 378 g/mol. The Balaban J connectivity index is 0.00000120. The first-order valence-electron chi connectivity index (χ1n) is 9.64. The summed E-state index contributed by atoms with van der Waals surface area (Å²) in [6.07, 6.45) is 4.95. The van der Waals surface area contributed by atoms with Crippen molar-refractivity contribution in [2.45, 2.75) is 26.4 Å². The maximum Gasteiger partial charge on any atom is 0.0400 e. The molecule has 0 bridgehead atoms. The highest BCUT2D eigenvalue weighted by molar-refractivity contribution is 5.85. The van der Waals surface area contributed by atoms with Crippen molar-refractivity contribution in [3.05, 3.63) is 84.7 Å². The van der Waals surface area contributed by atoms with Gasteiger partial charge in [0.05, 0.1) is 0 Å². The molecule has 4 heteroatoms. The SMILES string of the molecule is C.Cl.c1ccc2cc(CN3CC[C@@H](Nc4ccc5cnccc5c4)C3)ccc2c1. The van der Waals surface area contributed by atoms with Gasteiger partial charge in [-0.2, -0.15) is 0 Å². The summed E-state index contributed by atoms with van der Waals surface area (Å²) in [6.45, 7) is 3.25. The van der Waals surface area contributed by atoms with Crippen molar-refractivity contribution in [1.82, 2.24) is 9.88 Å². The average Bonchev–Trinajstić information content (AvgIpc) is 3.14. The van der Waals surface area contributed by atoms with Crippen molar-refractivity contribution >= 4 is 39.6 Å². The summed E-state index contributed by atoms with van der Waals surface area (Å²) in [7, 11) is 0. The number of benzene rings is 3. The van der Waals surface area contributed by atoms with Crippen LogP contribution >= 0.6 is 12.4 Å². The van der Waals surface area contributed by atoms with E-state index < -0.39 is 0 Å². The second-order valence-corrected chi connectivity index (χ2v) is 7.48. The van der Waals surface area contributed by atoms with E-state index in [-0.39, 0.29) is 19.8 Å². The van der Waals surface area contributed by atoms with Gasteiger partial charge in [-0.25, -0.2) is 0 Å². The minimum atomic E-state index is 0. The van der Waals surface area contributed by atoms with Crippen LogP contribution in [-0.2, 0) is 6.54 Å². The van der Waals surface area contributed by atoms with E-state index in [4.69, 9.17) is 0 Å². The number of likely N-dealkylation sites (tertiary alicyclic amines) is 1. The summed E-state index contributed by atoms with van der Waals surface area (Å²) in [5.41, 5.74) is 2.60. The van der Waals surface area contributed by atoms with Crippen LogP contribution in [0.4, 0.5) is 5.69 Å². The Bertz CT molecular complexity index is 1010. The van der Waals surface area contributed by atoms with E-state index in [2.05, 4.69) is 81.9 Å². The molecule has 5 rings (SSSR count). The summed E-state index contributed by atoms with van der Waals surface area (Å²) < 4.78 is 0. The zero-order valence-corrected chi connectivity index (χ0v) is 16.5. The van der Waals surface area contributed by atoms with Crippen molar-refractivity contribution in [2.75, 3.05) is 18.4 Å². The molecule has 0 amide bonds. The number of nitrogens with one attached hydrogen (secondary N) is 1. The normalized spacial score (nSPS) is 16.3. The average molecular weight is 406 g/mol. The highest BCUT2D eigenvalue weighted by Crippen LogP contribution is 2.23. The second-order valence-electron chi connectivity index (χ2n) is 7.48. The number of fused-ring (bicyclic) bond motifs is 2. The summed E-state index contributed by atoms with van der Waals surface area (Å²) in [4.78, 5) is 6.74.